The van der Waals surface area contributed by atoms with Gasteiger partial charge in [0.05, 0.1) is 17.7 Å². The van der Waals surface area contributed by atoms with Gasteiger partial charge in [0.1, 0.15) is 10.7 Å². The van der Waals surface area contributed by atoms with Crippen molar-refractivity contribution in [3.8, 4) is 0 Å². The van der Waals surface area contributed by atoms with Crippen LogP contribution in [-0.4, -0.2) is 35.3 Å². The molecule has 0 unspecified atom stereocenters. The number of hydrogen-bond acceptors (Lipinski definition) is 4. The molecule has 0 aromatic carbocycles. The molecule has 2 N–H and O–H groups in total. The summed E-state index contributed by atoms with van der Waals surface area (Å²) in [6.07, 6.45) is 2.03. The first-order chi connectivity index (χ1) is 8.25. The Kier molecular flexibility index (Phi) is 4.71. The van der Waals surface area contributed by atoms with E-state index in [0.717, 1.165) is 22.8 Å². The number of hydrogen-bond donors (Lipinski definition) is 1. The smallest absolute Gasteiger partial charge is 0.245 e. The highest BCUT2D eigenvalue weighted by Crippen LogP contribution is 2.17. The van der Waals surface area contributed by atoms with Gasteiger partial charge in [0, 0.05) is 12.2 Å². The van der Waals surface area contributed by atoms with E-state index in [1.54, 1.807) is 13.8 Å². The van der Waals surface area contributed by atoms with Crippen LogP contribution < -0.4 is 5.73 Å². The molecule has 1 rings (SSSR count). The van der Waals surface area contributed by atoms with Crippen LogP contribution in [0.2, 0.25) is 0 Å². The van der Waals surface area contributed by atoms with Crippen molar-refractivity contribution in [1.82, 2.24) is 9.29 Å². The predicted molar refractivity (Wildman–Crippen MR) is 70.0 cm³/mol. The van der Waals surface area contributed by atoms with Crippen molar-refractivity contribution in [2.24, 2.45) is 5.73 Å². The standard InChI is InChI=1S/C10H14FN3O2S2/c1-7(2)14(6-10(12)17)18(15,16)9-3-8(11)4-13-5-9/h3-5,7H,6H2,1-2H3,(H2,12,17). The molecule has 18 heavy (non-hydrogen) atoms. The maximum Gasteiger partial charge on any atom is 0.245 e. The second kappa shape index (κ2) is 5.68. The van der Waals surface area contributed by atoms with E-state index in [2.05, 4.69) is 4.98 Å². The van der Waals surface area contributed by atoms with Gasteiger partial charge >= 0.3 is 0 Å². The van der Waals surface area contributed by atoms with Crippen LogP contribution in [-0.2, 0) is 10.0 Å². The third-order valence-electron chi connectivity index (χ3n) is 2.17. The van der Waals surface area contributed by atoms with Crippen LogP contribution in [0.15, 0.2) is 23.4 Å². The molecule has 0 atom stereocenters. The molecule has 1 aromatic rings. The van der Waals surface area contributed by atoms with Gasteiger partial charge in [-0.05, 0) is 19.9 Å². The number of pyridine rings is 1. The monoisotopic (exact) mass is 291 g/mol. The van der Waals surface area contributed by atoms with Gasteiger partial charge in [-0.15, -0.1) is 0 Å². The summed E-state index contributed by atoms with van der Waals surface area (Å²) in [5, 5.41) is 0. The molecule has 0 aliphatic carbocycles. The Bertz CT molecular complexity index is 546. The highest BCUT2D eigenvalue weighted by atomic mass is 32.2. The lowest BCUT2D eigenvalue weighted by molar-refractivity contribution is 0.390. The molecule has 100 valence electrons. The minimum Gasteiger partial charge on any atom is -0.392 e. The average Bonchev–Trinajstić information content (AvgIpc) is 2.25. The SMILES string of the molecule is CC(C)N(CC(N)=S)S(=O)(=O)c1cncc(F)c1. The Labute approximate surface area is 111 Å². The van der Waals surface area contributed by atoms with E-state index in [4.69, 9.17) is 18.0 Å². The minimum absolute atomic E-state index is 0.0524. The summed E-state index contributed by atoms with van der Waals surface area (Å²) in [6.45, 7) is 3.27. The van der Waals surface area contributed by atoms with Gasteiger partial charge in [-0.25, -0.2) is 12.8 Å². The molecular weight excluding hydrogens is 277 g/mol. The average molecular weight is 291 g/mol. The highest BCUT2D eigenvalue weighted by molar-refractivity contribution is 7.89. The van der Waals surface area contributed by atoms with Gasteiger partial charge in [-0.2, -0.15) is 4.31 Å². The fourth-order valence-electron chi connectivity index (χ4n) is 1.37. The van der Waals surface area contributed by atoms with E-state index in [0.29, 0.717) is 0 Å². The summed E-state index contributed by atoms with van der Waals surface area (Å²) in [5.74, 6) is -0.713. The number of rotatable bonds is 5. The van der Waals surface area contributed by atoms with E-state index in [1.165, 1.54) is 0 Å². The van der Waals surface area contributed by atoms with Crippen molar-refractivity contribution in [3.05, 3.63) is 24.3 Å². The third kappa shape index (κ3) is 3.44. The molecule has 0 fully saturated rings. The van der Waals surface area contributed by atoms with Crippen molar-refractivity contribution >= 4 is 27.2 Å². The maximum absolute atomic E-state index is 13.0. The Balaban J connectivity index is 3.21. The maximum atomic E-state index is 13.0. The zero-order chi connectivity index (χ0) is 13.9. The van der Waals surface area contributed by atoms with Crippen molar-refractivity contribution in [2.45, 2.75) is 24.8 Å². The van der Waals surface area contributed by atoms with Crippen molar-refractivity contribution in [2.75, 3.05) is 6.54 Å². The topological polar surface area (TPSA) is 76.3 Å². The summed E-state index contributed by atoms with van der Waals surface area (Å²) in [6, 6.07) is 0.567. The first kappa shape index (κ1) is 14.9. The zero-order valence-electron chi connectivity index (χ0n) is 10.00. The van der Waals surface area contributed by atoms with Crippen molar-refractivity contribution in [3.63, 3.8) is 0 Å². The second-order valence-electron chi connectivity index (χ2n) is 3.95. The van der Waals surface area contributed by atoms with Gasteiger partial charge < -0.3 is 5.73 Å². The largest absolute Gasteiger partial charge is 0.392 e. The van der Waals surface area contributed by atoms with E-state index < -0.39 is 15.8 Å². The third-order valence-corrected chi connectivity index (χ3v) is 4.29. The number of sulfonamides is 1. The lowest BCUT2D eigenvalue weighted by atomic mass is 10.4. The van der Waals surface area contributed by atoms with E-state index in [9.17, 15) is 12.8 Å². The molecule has 0 amide bonds. The van der Waals surface area contributed by atoms with Gasteiger partial charge in [-0.1, -0.05) is 12.2 Å². The quantitative estimate of drug-likeness (QED) is 0.816. The van der Waals surface area contributed by atoms with Gasteiger partial charge in [-0.3, -0.25) is 4.98 Å². The summed E-state index contributed by atoms with van der Waals surface area (Å²) >= 11 is 4.72. The number of thiocarbonyl (C=S) groups is 1. The fraction of sp³-hybridized carbons (Fsp3) is 0.400. The van der Waals surface area contributed by atoms with E-state index >= 15 is 0 Å². The predicted octanol–water partition coefficient (Wildman–Crippen LogP) is 0.906. The Morgan fingerprint density at radius 1 is 1.56 bits per heavy atom. The minimum atomic E-state index is -3.85. The van der Waals surface area contributed by atoms with Crippen LogP contribution in [0.5, 0.6) is 0 Å². The summed E-state index contributed by atoms with van der Waals surface area (Å²) in [7, 11) is -3.85. The van der Waals surface area contributed by atoms with Crippen LogP contribution >= 0.6 is 12.2 Å². The molecule has 0 radical (unpaired) electrons. The lowest BCUT2D eigenvalue weighted by Crippen LogP contribution is -2.42. The summed E-state index contributed by atoms with van der Waals surface area (Å²) < 4.78 is 38.7. The molecule has 1 aromatic heterocycles. The fourth-order valence-corrected chi connectivity index (χ4v) is 3.18. The van der Waals surface area contributed by atoms with Gasteiger partial charge in [0.15, 0.2) is 0 Å². The van der Waals surface area contributed by atoms with Crippen LogP contribution in [0.1, 0.15) is 13.8 Å². The van der Waals surface area contributed by atoms with Crippen LogP contribution in [0.25, 0.3) is 0 Å². The Morgan fingerprint density at radius 3 is 2.61 bits per heavy atom. The zero-order valence-corrected chi connectivity index (χ0v) is 11.6. The molecule has 0 bridgehead atoms. The van der Waals surface area contributed by atoms with Crippen LogP contribution in [0.3, 0.4) is 0 Å². The Hall–Kier alpha value is -1.12. The molecule has 0 saturated heterocycles. The molecule has 0 aliphatic rings. The molecule has 0 aliphatic heterocycles. The van der Waals surface area contributed by atoms with E-state index in [-0.39, 0.29) is 22.5 Å². The van der Waals surface area contributed by atoms with Gasteiger partial charge in [0.25, 0.3) is 0 Å². The summed E-state index contributed by atoms with van der Waals surface area (Å²) in [5.41, 5.74) is 5.37. The number of nitrogens with zero attached hydrogens (tertiary/aromatic N) is 2. The van der Waals surface area contributed by atoms with E-state index in [1.807, 2.05) is 0 Å². The Morgan fingerprint density at radius 2 is 2.17 bits per heavy atom. The lowest BCUT2D eigenvalue weighted by Gasteiger charge is -2.25. The van der Waals surface area contributed by atoms with Crippen LogP contribution in [0, 0.1) is 5.82 Å². The van der Waals surface area contributed by atoms with Crippen molar-refractivity contribution in [1.29, 1.82) is 0 Å². The first-order valence-electron chi connectivity index (χ1n) is 5.16. The number of aromatic nitrogens is 1. The molecule has 1 heterocycles. The normalized spacial score (nSPS) is 12.1. The number of nitrogens with two attached hydrogens (primary N) is 1. The van der Waals surface area contributed by atoms with Crippen LogP contribution in [0.4, 0.5) is 4.39 Å². The molecule has 0 spiro atoms. The molecule has 0 saturated carbocycles. The molecule has 5 nitrogen and oxygen atoms in total. The summed E-state index contributed by atoms with van der Waals surface area (Å²) in [4.78, 5) is 3.36. The second-order valence-corrected chi connectivity index (χ2v) is 6.36. The highest BCUT2D eigenvalue weighted by Gasteiger charge is 2.28. The van der Waals surface area contributed by atoms with Crippen molar-refractivity contribution < 1.29 is 12.8 Å². The van der Waals surface area contributed by atoms with Gasteiger partial charge in [0.2, 0.25) is 10.0 Å². The number of halogens is 1. The molecular formula is C10H14FN3O2S2. The first-order valence-corrected chi connectivity index (χ1v) is 7.00. The molecule has 8 heteroatoms.